The average Bonchev–Trinajstić information content (AvgIpc) is 3.18. The van der Waals surface area contributed by atoms with Gasteiger partial charge in [-0.05, 0) is 49.4 Å². The lowest BCUT2D eigenvalue weighted by Crippen LogP contribution is -2.25. The summed E-state index contributed by atoms with van der Waals surface area (Å²) < 4.78 is 6.20. The second-order valence-electron chi connectivity index (χ2n) is 6.58. The molecular formula is C22H15Cl2N3O4S. The van der Waals surface area contributed by atoms with Gasteiger partial charge in [0.05, 0.1) is 17.7 Å². The second-order valence-corrected chi connectivity index (χ2v) is 8.33. The summed E-state index contributed by atoms with van der Waals surface area (Å²) >= 11 is 13.1. The highest BCUT2D eigenvalue weighted by atomic mass is 35.5. The van der Waals surface area contributed by atoms with Gasteiger partial charge in [-0.25, -0.2) is 4.79 Å². The number of ether oxygens (including phenoxy) is 1. The maximum absolute atomic E-state index is 13.4. The Morgan fingerprint density at radius 2 is 1.88 bits per heavy atom. The summed E-state index contributed by atoms with van der Waals surface area (Å²) in [4.78, 5) is 38.7. The molecule has 0 aliphatic heterocycles. The van der Waals surface area contributed by atoms with Crippen LogP contribution in [0.15, 0.2) is 58.7 Å². The third kappa shape index (κ3) is 4.25. The van der Waals surface area contributed by atoms with Gasteiger partial charge in [0.2, 0.25) is 0 Å². The van der Waals surface area contributed by atoms with Crippen LogP contribution in [-0.2, 0) is 4.74 Å². The van der Waals surface area contributed by atoms with Crippen LogP contribution in [0.2, 0.25) is 10.0 Å². The number of benzene rings is 2. The van der Waals surface area contributed by atoms with Crippen LogP contribution in [0, 0.1) is 0 Å². The van der Waals surface area contributed by atoms with E-state index < -0.39 is 17.4 Å². The van der Waals surface area contributed by atoms with E-state index in [0.717, 1.165) is 16.0 Å². The fourth-order valence-corrected chi connectivity index (χ4v) is 4.29. The molecule has 32 heavy (non-hydrogen) atoms. The van der Waals surface area contributed by atoms with E-state index >= 15 is 0 Å². The van der Waals surface area contributed by atoms with Gasteiger partial charge < -0.3 is 10.1 Å². The summed E-state index contributed by atoms with van der Waals surface area (Å²) in [7, 11) is 0. The van der Waals surface area contributed by atoms with Crippen molar-refractivity contribution in [3.63, 3.8) is 0 Å². The fraction of sp³-hybridized carbons (Fsp3) is 0.0909. The molecule has 2 heterocycles. The minimum absolute atomic E-state index is 0.0373. The molecule has 1 amide bonds. The van der Waals surface area contributed by atoms with Gasteiger partial charge in [0, 0.05) is 26.4 Å². The van der Waals surface area contributed by atoms with E-state index in [9.17, 15) is 14.4 Å². The Morgan fingerprint density at radius 3 is 2.56 bits per heavy atom. The molecule has 162 valence electrons. The topological polar surface area (TPSA) is 90.3 Å². The van der Waals surface area contributed by atoms with Gasteiger partial charge in [0.1, 0.15) is 5.00 Å². The SMILES string of the molecule is CCOC(=O)c1nn(-c2cccc(Cl)c2)c(=O)c2c(NC(=O)c3ccc(Cl)cc3)scc12. The zero-order valence-corrected chi connectivity index (χ0v) is 18.9. The largest absolute Gasteiger partial charge is 0.461 e. The van der Waals surface area contributed by atoms with Crippen LogP contribution in [0.4, 0.5) is 5.00 Å². The molecular weight excluding hydrogens is 473 g/mol. The molecule has 0 bridgehead atoms. The van der Waals surface area contributed by atoms with Crippen LogP contribution in [0.5, 0.6) is 0 Å². The first-order valence-electron chi connectivity index (χ1n) is 9.43. The van der Waals surface area contributed by atoms with Crippen molar-refractivity contribution in [3.05, 3.63) is 85.6 Å². The summed E-state index contributed by atoms with van der Waals surface area (Å²) in [5, 5.41) is 10.2. The number of aromatic nitrogens is 2. The summed E-state index contributed by atoms with van der Waals surface area (Å²) in [6.45, 7) is 1.82. The predicted molar refractivity (Wildman–Crippen MR) is 126 cm³/mol. The van der Waals surface area contributed by atoms with Gasteiger partial charge in [0.15, 0.2) is 5.69 Å². The van der Waals surface area contributed by atoms with Crippen LogP contribution in [0.1, 0.15) is 27.8 Å². The number of nitrogens with one attached hydrogen (secondary N) is 1. The molecule has 0 atom stereocenters. The molecule has 4 aromatic rings. The maximum Gasteiger partial charge on any atom is 0.359 e. The molecule has 0 saturated carbocycles. The number of carbonyl (C=O) groups is 2. The lowest BCUT2D eigenvalue weighted by atomic mass is 10.2. The fourth-order valence-electron chi connectivity index (χ4n) is 3.05. The first-order valence-corrected chi connectivity index (χ1v) is 11.1. The number of carbonyl (C=O) groups excluding carboxylic acids is 2. The smallest absolute Gasteiger partial charge is 0.359 e. The van der Waals surface area contributed by atoms with E-state index in [-0.39, 0.29) is 22.7 Å². The van der Waals surface area contributed by atoms with Crippen LogP contribution in [-0.4, -0.2) is 28.3 Å². The average molecular weight is 488 g/mol. The third-order valence-electron chi connectivity index (χ3n) is 4.51. The molecule has 10 heteroatoms. The second kappa shape index (κ2) is 9.12. The van der Waals surface area contributed by atoms with Gasteiger partial charge >= 0.3 is 5.97 Å². The van der Waals surface area contributed by atoms with Crippen molar-refractivity contribution in [3.8, 4) is 5.69 Å². The first kappa shape index (κ1) is 22.0. The Labute approximate surface area is 196 Å². The van der Waals surface area contributed by atoms with Gasteiger partial charge in [0.25, 0.3) is 11.5 Å². The zero-order chi connectivity index (χ0) is 22.8. The van der Waals surface area contributed by atoms with Gasteiger partial charge in [-0.15, -0.1) is 11.3 Å². The van der Waals surface area contributed by atoms with E-state index in [1.165, 1.54) is 0 Å². The van der Waals surface area contributed by atoms with Crippen molar-refractivity contribution >= 4 is 62.2 Å². The van der Waals surface area contributed by atoms with E-state index in [4.69, 9.17) is 27.9 Å². The van der Waals surface area contributed by atoms with Crippen molar-refractivity contribution < 1.29 is 14.3 Å². The van der Waals surface area contributed by atoms with Crippen molar-refractivity contribution in [1.29, 1.82) is 0 Å². The summed E-state index contributed by atoms with van der Waals surface area (Å²) in [5.41, 5.74) is 0.189. The summed E-state index contributed by atoms with van der Waals surface area (Å²) in [5.74, 6) is -1.10. The highest BCUT2D eigenvalue weighted by Gasteiger charge is 2.23. The van der Waals surface area contributed by atoms with Crippen molar-refractivity contribution in [2.24, 2.45) is 0 Å². The van der Waals surface area contributed by atoms with Crippen molar-refractivity contribution in [1.82, 2.24) is 9.78 Å². The minimum atomic E-state index is -0.679. The summed E-state index contributed by atoms with van der Waals surface area (Å²) in [6.07, 6.45) is 0. The number of fused-ring (bicyclic) bond motifs is 1. The lowest BCUT2D eigenvalue weighted by Gasteiger charge is -2.10. The number of rotatable bonds is 5. The number of halogens is 2. The van der Waals surface area contributed by atoms with Crippen LogP contribution >= 0.6 is 34.5 Å². The lowest BCUT2D eigenvalue weighted by molar-refractivity contribution is 0.0520. The Bertz CT molecular complexity index is 1400. The van der Waals surface area contributed by atoms with Gasteiger partial charge in [-0.1, -0.05) is 29.3 Å². The Balaban J connectivity index is 1.88. The van der Waals surface area contributed by atoms with E-state index in [0.29, 0.717) is 26.7 Å². The number of anilines is 1. The molecule has 0 spiro atoms. The standard InChI is InChI=1S/C22H15Cl2N3O4S/c1-2-31-22(30)18-16-11-32-20(25-19(28)12-6-8-13(23)9-7-12)17(16)21(29)27(26-18)15-5-3-4-14(24)10-15/h3-11H,2H2,1H3,(H,25,28). The maximum atomic E-state index is 13.4. The summed E-state index contributed by atoms with van der Waals surface area (Å²) in [6, 6.07) is 12.8. The zero-order valence-electron chi connectivity index (χ0n) is 16.6. The normalized spacial score (nSPS) is 10.8. The van der Waals surface area contributed by atoms with Crippen LogP contribution in [0.25, 0.3) is 16.5 Å². The minimum Gasteiger partial charge on any atom is -0.461 e. The monoisotopic (exact) mass is 487 g/mol. The third-order valence-corrected chi connectivity index (χ3v) is 5.89. The Morgan fingerprint density at radius 1 is 1.12 bits per heavy atom. The Hall–Kier alpha value is -3.20. The quantitative estimate of drug-likeness (QED) is 0.391. The highest BCUT2D eigenvalue weighted by molar-refractivity contribution is 7.16. The molecule has 0 saturated heterocycles. The number of nitrogens with zero attached hydrogens (tertiary/aromatic N) is 2. The highest BCUT2D eigenvalue weighted by Crippen LogP contribution is 2.31. The van der Waals surface area contributed by atoms with Gasteiger partial charge in [-0.2, -0.15) is 9.78 Å². The molecule has 1 N–H and O–H groups in total. The number of hydrogen-bond donors (Lipinski definition) is 1. The predicted octanol–water partition coefficient (Wildman–Crippen LogP) is 5.18. The number of esters is 1. The van der Waals surface area contributed by atoms with Crippen molar-refractivity contribution in [2.75, 3.05) is 11.9 Å². The van der Waals surface area contributed by atoms with Gasteiger partial charge in [-0.3, -0.25) is 9.59 Å². The van der Waals surface area contributed by atoms with E-state index in [2.05, 4.69) is 10.4 Å². The molecule has 4 rings (SSSR count). The van der Waals surface area contributed by atoms with Crippen LogP contribution < -0.4 is 10.9 Å². The Kier molecular flexibility index (Phi) is 6.27. The van der Waals surface area contributed by atoms with Crippen LogP contribution in [0.3, 0.4) is 0 Å². The van der Waals surface area contributed by atoms with E-state index in [1.807, 2.05) is 0 Å². The number of thiophene rings is 1. The molecule has 2 aromatic heterocycles. The first-order chi connectivity index (χ1) is 15.4. The molecule has 0 radical (unpaired) electrons. The van der Waals surface area contributed by atoms with E-state index in [1.54, 1.807) is 60.8 Å². The van der Waals surface area contributed by atoms with Crippen molar-refractivity contribution in [2.45, 2.75) is 6.92 Å². The number of amides is 1. The molecule has 0 aliphatic carbocycles. The molecule has 7 nitrogen and oxygen atoms in total. The number of hydrogen-bond acceptors (Lipinski definition) is 6. The molecule has 0 unspecified atom stereocenters. The molecule has 2 aromatic carbocycles. The molecule has 0 fully saturated rings. The molecule has 0 aliphatic rings.